The van der Waals surface area contributed by atoms with Crippen LogP contribution in [0.2, 0.25) is 10.0 Å². The molecule has 0 bridgehead atoms. The third-order valence-corrected chi connectivity index (χ3v) is 7.77. The number of fused-ring (bicyclic) bond motifs is 1. The number of pyridine rings is 1. The Labute approximate surface area is 232 Å². The lowest BCUT2D eigenvalue weighted by molar-refractivity contribution is 0.191. The first-order chi connectivity index (χ1) is 18.5. The summed E-state index contributed by atoms with van der Waals surface area (Å²) in [6, 6.07) is 15.5. The smallest absolute Gasteiger partial charge is 0.147 e. The van der Waals surface area contributed by atoms with Gasteiger partial charge in [0.1, 0.15) is 35.0 Å². The van der Waals surface area contributed by atoms with E-state index in [0.29, 0.717) is 23.2 Å². The zero-order valence-electron chi connectivity index (χ0n) is 21.4. The lowest BCUT2D eigenvalue weighted by atomic mass is 10.2. The Morgan fingerprint density at radius 1 is 1.05 bits per heavy atom. The Balaban J connectivity index is 1.32. The van der Waals surface area contributed by atoms with Crippen LogP contribution in [0.1, 0.15) is 25.5 Å². The Kier molecular flexibility index (Phi) is 7.18. The summed E-state index contributed by atoms with van der Waals surface area (Å²) in [5, 5.41) is 4.60. The van der Waals surface area contributed by atoms with Crippen LogP contribution >= 0.6 is 23.2 Å². The van der Waals surface area contributed by atoms with E-state index in [9.17, 15) is 0 Å². The molecule has 198 valence electrons. The summed E-state index contributed by atoms with van der Waals surface area (Å²) in [5.74, 6) is 2.28. The third-order valence-electron chi connectivity index (χ3n) is 7.22. The molecule has 2 aromatic carbocycles. The minimum Gasteiger partial charge on any atom is -0.492 e. The minimum absolute atomic E-state index is 0.117. The summed E-state index contributed by atoms with van der Waals surface area (Å²) in [5.41, 5.74) is 3.31. The van der Waals surface area contributed by atoms with Crippen molar-refractivity contribution in [3.05, 3.63) is 70.5 Å². The van der Waals surface area contributed by atoms with Gasteiger partial charge in [-0.2, -0.15) is 0 Å². The summed E-state index contributed by atoms with van der Waals surface area (Å²) < 4.78 is 14.5. The highest BCUT2D eigenvalue weighted by atomic mass is 35.5. The number of halogens is 2. The monoisotopic (exact) mass is 551 g/mol. The number of ether oxygens (including phenoxy) is 2. The highest BCUT2D eigenvalue weighted by molar-refractivity contribution is 6.33. The van der Waals surface area contributed by atoms with E-state index in [4.69, 9.17) is 37.7 Å². The molecule has 2 aromatic heterocycles. The Hall–Kier alpha value is -2.84. The average molecular weight is 553 g/mol. The highest BCUT2D eigenvalue weighted by Gasteiger charge is 2.40. The van der Waals surface area contributed by atoms with E-state index in [1.165, 1.54) is 0 Å². The van der Waals surface area contributed by atoms with Gasteiger partial charge >= 0.3 is 0 Å². The number of para-hydroxylation sites is 1. The van der Waals surface area contributed by atoms with Gasteiger partial charge in [-0.3, -0.25) is 9.88 Å². The SMILES string of the molecule is CC1(Oc2cccc3c2nc(-c2ccc(OCCN4CCNCC4)cc2Cl)n3Cc2cc(Cl)ccn2)CC1. The van der Waals surface area contributed by atoms with Gasteiger partial charge in [0, 0.05) is 49.5 Å². The van der Waals surface area contributed by atoms with E-state index in [0.717, 1.165) is 85.2 Å². The largest absolute Gasteiger partial charge is 0.492 e. The predicted octanol–water partition coefficient (Wildman–Crippen LogP) is 5.67. The maximum atomic E-state index is 6.86. The van der Waals surface area contributed by atoms with Crippen LogP contribution < -0.4 is 14.8 Å². The number of benzene rings is 2. The van der Waals surface area contributed by atoms with Crippen molar-refractivity contribution in [2.24, 2.45) is 0 Å². The van der Waals surface area contributed by atoms with Gasteiger partial charge in [0.2, 0.25) is 0 Å². The Morgan fingerprint density at radius 2 is 1.89 bits per heavy atom. The van der Waals surface area contributed by atoms with E-state index < -0.39 is 0 Å². The minimum atomic E-state index is -0.117. The van der Waals surface area contributed by atoms with Crippen LogP contribution in [0.5, 0.6) is 11.5 Å². The molecular weight excluding hydrogens is 521 g/mol. The van der Waals surface area contributed by atoms with Gasteiger partial charge in [-0.05, 0) is 62.2 Å². The van der Waals surface area contributed by atoms with Gasteiger partial charge in [-0.1, -0.05) is 29.3 Å². The number of piperazine rings is 1. The molecule has 7 nitrogen and oxygen atoms in total. The topological polar surface area (TPSA) is 64.4 Å². The molecule has 6 rings (SSSR count). The molecule has 1 N–H and O–H groups in total. The molecule has 4 aromatic rings. The van der Waals surface area contributed by atoms with Crippen LogP contribution in [0.15, 0.2) is 54.7 Å². The molecule has 0 unspecified atom stereocenters. The molecule has 1 saturated carbocycles. The van der Waals surface area contributed by atoms with Crippen LogP contribution in [-0.2, 0) is 6.54 Å². The molecule has 1 aliphatic heterocycles. The molecule has 9 heteroatoms. The lowest BCUT2D eigenvalue weighted by Crippen LogP contribution is -2.44. The maximum Gasteiger partial charge on any atom is 0.147 e. The average Bonchev–Trinajstić information content (AvgIpc) is 3.53. The van der Waals surface area contributed by atoms with Crippen molar-refractivity contribution in [3.63, 3.8) is 0 Å². The summed E-state index contributed by atoms with van der Waals surface area (Å²) in [6.07, 6.45) is 3.81. The molecule has 0 spiro atoms. The van der Waals surface area contributed by atoms with Gasteiger partial charge in [-0.15, -0.1) is 0 Å². The number of hydrogen-bond donors (Lipinski definition) is 1. The second kappa shape index (κ2) is 10.7. The van der Waals surface area contributed by atoms with Crippen LogP contribution in [-0.4, -0.2) is 64.4 Å². The van der Waals surface area contributed by atoms with Crippen molar-refractivity contribution in [2.75, 3.05) is 39.3 Å². The number of imidazole rings is 1. The number of nitrogens with one attached hydrogen (secondary N) is 1. The summed E-state index contributed by atoms with van der Waals surface area (Å²) >= 11 is 13.1. The standard InChI is InChI=1S/C29H31Cl2N5O2/c1-29(8-9-29)38-26-4-2-3-25-27(26)34-28(36(25)19-21-17-20(30)7-10-33-21)23-6-5-22(18-24(23)31)37-16-15-35-13-11-32-12-14-35/h2-7,10,17-18,32H,8-9,11-16,19H2,1H3. The fourth-order valence-corrected chi connectivity index (χ4v) is 5.24. The molecule has 1 aliphatic carbocycles. The molecule has 0 atom stereocenters. The number of rotatable bonds is 9. The van der Waals surface area contributed by atoms with Gasteiger partial charge < -0.3 is 19.4 Å². The van der Waals surface area contributed by atoms with E-state index in [1.807, 2.05) is 36.4 Å². The van der Waals surface area contributed by atoms with E-state index in [-0.39, 0.29) is 5.60 Å². The van der Waals surface area contributed by atoms with Crippen molar-refractivity contribution >= 4 is 34.2 Å². The van der Waals surface area contributed by atoms with Crippen LogP contribution in [0.3, 0.4) is 0 Å². The van der Waals surface area contributed by atoms with Gasteiger partial charge in [0.15, 0.2) is 0 Å². The fraction of sp³-hybridized carbons (Fsp3) is 0.379. The van der Waals surface area contributed by atoms with Crippen molar-refractivity contribution in [1.29, 1.82) is 0 Å². The van der Waals surface area contributed by atoms with Crippen molar-refractivity contribution in [1.82, 2.24) is 24.8 Å². The molecule has 3 heterocycles. The van der Waals surface area contributed by atoms with E-state index >= 15 is 0 Å². The van der Waals surface area contributed by atoms with E-state index in [1.54, 1.807) is 12.3 Å². The van der Waals surface area contributed by atoms with Crippen LogP contribution in [0.25, 0.3) is 22.4 Å². The lowest BCUT2D eigenvalue weighted by Gasteiger charge is -2.26. The molecule has 1 saturated heterocycles. The second-order valence-corrected chi connectivity index (χ2v) is 11.1. The third kappa shape index (κ3) is 5.61. The summed E-state index contributed by atoms with van der Waals surface area (Å²) in [6.45, 7) is 8.29. The van der Waals surface area contributed by atoms with Gasteiger partial charge in [0.25, 0.3) is 0 Å². The summed E-state index contributed by atoms with van der Waals surface area (Å²) in [7, 11) is 0. The first-order valence-corrected chi connectivity index (χ1v) is 13.9. The quantitative estimate of drug-likeness (QED) is 0.289. The van der Waals surface area contributed by atoms with Crippen molar-refractivity contribution in [2.45, 2.75) is 31.9 Å². The second-order valence-electron chi connectivity index (χ2n) is 10.2. The molecule has 2 aliphatic rings. The first-order valence-electron chi connectivity index (χ1n) is 13.1. The summed E-state index contributed by atoms with van der Waals surface area (Å²) in [4.78, 5) is 12.0. The zero-order valence-corrected chi connectivity index (χ0v) is 22.9. The van der Waals surface area contributed by atoms with Crippen molar-refractivity contribution in [3.8, 4) is 22.9 Å². The van der Waals surface area contributed by atoms with Crippen LogP contribution in [0.4, 0.5) is 0 Å². The number of nitrogens with zero attached hydrogens (tertiary/aromatic N) is 4. The predicted molar refractivity (Wildman–Crippen MR) is 152 cm³/mol. The normalized spacial score (nSPS) is 17.0. The fourth-order valence-electron chi connectivity index (χ4n) is 4.80. The Bertz CT molecular complexity index is 1450. The van der Waals surface area contributed by atoms with E-state index in [2.05, 4.69) is 32.8 Å². The first kappa shape index (κ1) is 25.4. The Morgan fingerprint density at radius 3 is 2.66 bits per heavy atom. The van der Waals surface area contributed by atoms with Gasteiger partial charge in [0.05, 0.1) is 22.8 Å². The molecular formula is C29H31Cl2N5O2. The number of hydrogen-bond acceptors (Lipinski definition) is 6. The maximum absolute atomic E-state index is 6.86. The highest BCUT2D eigenvalue weighted by Crippen LogP contribution is 2.42. The zero-order chi connectivity index (χ0) is 26.1. The molecule has 0 radical (unpaired) electrons. The molecule has 0 amide bonds. The van der Waals surface area contributed by atoms with Gasteiger partial charge in [-0.25, -0.2) is 4.98 Å². The molecule has 38 heavy (non-hydrogen) atoms. The number of aromatic nitrogens is 3. The van der Waals surface area contributed by atoms with Crippen LogP contribution in [0, 0.1) is 0 Å². The van der Waals surface area contributed by atoms with Crippen molar-refractivity contribution < 1.29 is 9.47 Å². The molecule has 2 fully saturated rings.